The molecule has 0 aromatic heterocycles. The van der Waals surface area contributed by atoms with Gasteiger partial charge in [-0.1, -0.05) is 41.4 Å². The summed E-state index contributed by atoms with van der Waals surface area (Å²) in [5.74, 6) is 0.693. The molecular formula is C12H17BrClN. The molecular weight excluding hydrogens is 273 g/mol. The average molecular weight is 291 g/mol. The molecule has 1 rings (SSSR count). The van der Waals surface area contributed by atoms with Crippen LogP contribution in [0.5, 0.6) is 0 Å². The van der Waals surface area contributed by atoms with Crippen LogP contribution < -0.4 is 5.32 Å². The second-order valence-electron chi connectivity index (χ2n) is 4.30. The Balaban J connectivity index is 2.67. The molecule has 0 radical (unpaired) electrons. The molecule has 0 spiro atoms. The third kappa shape index (κ3) is 4.43. The first-order valence-corrected chi connectivity index (χ1v) is 6.37. The van der Waals surface area contributed by atoms with Gasteiger partial charge in [0.2, 0.25) is 0 Å². The molecule has 84 valence electrons. The van der Waals surface area contributed by atoms with Gasteiger partial charge >= 0.3 is 0 Å². The van der Waals surface area contributed by atoms with Crippen molar-refractivity contribution in [1.29, 1.82) is 0 Å². The van der Waals surface area contributed by atoms with Crippen LogP contribution >= 0.6 is 27.5 Å². The molecule has 1 atom stereocenters. The highest BCUT2D eigenvalue weighted by atomic mass is 79.9. The van der Waals surface area contributed by atoms with Gasteiger partial charge in [-0.15, -0.1) is 0 Å². The molecule has 0 aliphatic rings. The number of rotatable bonds is 4. The SMILES string of the molecule is CC(C)CC(C)Nc1cc(Br)ccc1Cl. The van der Waals surface area contributed by atoms with E-state index in [2.05, 4.69) is 42.0 Å². The summed E-state index contributed by atoms with van der Waals surface area (Å²) >= 11 is 9.53. The number of benzene rings is 1. The van der Waals surface area contributed by atoms with Crippen LogP contribution in [0.2, 0.25) is 5.02 Å². The van der Waals surface area contributed by atoms with Crippen molar-refractivity contribution in [2.45, 2.75) is 33.2 Å². The molecule has 0 aliphatic carbocycles. The Hall–Kier alpha value is -0.210. The molecule has 0 aliphatic heterocycles. The fourth-order valence-electron chi connectivity index (χ4n) is 1.64. The maximum atomic E-state index is 6.09. The van der Waals surface area contributed by atoms with Crippen LogP contribution in [0.1, 0.15) is 27.2 Å². The Labute approximate surface area is 105 Å². The minimum Gasteiger partial charge on any atom is -0.381 e. The lowest BCUT2D eigenvalue weighted by molar-refractivity contribution is 0.540. The highest BCUT2D eigenvalue weighted by molar-refractivity contribution is 9.10. The van der Waals surface area contributed by atoms with Crippen LogP contribution in [0.4, 0.5) is 5.69 Å². The van der Waals surface area contributed by atoms with Crippen molar-refractivity contribution >= 4 is 33.2 Å². The molecule has 1 N–H and O–H groups in total. The van der Waals surface area contributed by atoms with Crippen molar-refractivity contribution in [2.75, 3.05) is 5.32 Å². The van der Waals surface area contributed by atoms with E-state index in [4.69, 9.17) is 11.6 Å². The van der Waals surface area contributed by atoms with Crippen molar-refractivity contribution in [2.24, 2.45) is 5.92 Å². The molecule has 1 unspecified atom stereocenters. The number of halogens is 2. The summed E-state index contributed by atoms with van der Waals surface area (Å²) in [6, 6.07) is 6.30. The quantitative estimate of drug-likeness (QED) is 0.827. The second kappa shape index (κ2) is 5.76. The topological polar surface area (TPSA) is 12.0 Å². The molecule has 0 heterocycles. The van der Waals surface area contributed by atoms with E-state index in [1.807, 2.05) is 18.2 Å². The summed E-state index contributed by atoms with van der Waals surface area (Å²) in [5.41, 5.74) is 0.999. The van der Waals surface area contributed by atoms with Crippen LogP contribution in [0.3, 0.4) is 0 Å². The Kier molecular flexibility index (Phi) is 4.94. The molecule has 3 heteroatoms. The largest absolute Gasteiger partial charge is 0.381 e. The van der Waals surface area contributed by atoms with Crippen molar-refractivity contribution in [1.82, 2.24) is 0 Å². The summed E-state index contributed by atoms with van der Waals surface area (Å²) in [6.07, 6.45) is 1.14. The minimum absolute atomic E-state index is 0.441. The summed E-state index contributed by atoms with van der Waals surface area (Å²) in [5, 5.41) is 4.19. The smallest absolute Gasteiger partial charge is 0.0638 e. The minimum atomic E-state index is 0.441. The lowest BCUT2D eigenvalue weighted by Gasteiger charge is -2.18. The van der Waals surface area contributed by atoms with Gasteiger partial charge in [0.25, 0.3) is 0 Å². The van der Waals surface area contributed by atoms with Gasteiger partial charge < -0.3 is 5.32 Å². The normalized spacial score (nSPS) is 12.9. The van der Waals surface area contributed by atoms with E-state index >= 15 is 0 Å². The van der Waals surface area contributed by atoms with Crippen LogP contribution in [0.15, 0.2) is 22.7 Å². The maximum absolute atomic E-state index is 6.09. The first-order chi connectivity index (χ1) is 6.99. The van der Waals surface area contributed by atoms with E-state index in [9.17, 15) is 0 Å². The van der Waals surface area contributed by atoms with Crippen LogP contribution in [0, 0.1) is 5.92 Å². The Bertz CT molecular complexity index is 325. The van der Waals surface area contributed by atoms with E-state index in [0.29, 0.717) is 12.0 Å². The molecule has 15 heavy (non-hydrogen) atoms. The van der Waals surface area contributed by atoms with Gasteiger partial charge in [-0.25, -0.2) is 0 Å². The van der Waals surface area contributed by atoms with Crippen molar-refractivity contribution in [3.05, 3.63) is 27.7 Å². The zero-order valence-electron chi connectivity index (χ0n) is 9.35. The first-order valence-electron chi connectivity index (χ1n) is 5.20. The summed E-state index contributed by atoms with van der Waals surface area (Å²) < 4.78 is 1.05. The lowest BCUT2D eigenvalue weighted by atomic mass is 10.1. The highest BCUT2D eigenvalue weighted by Gasteiger charge is 2.07. The molecule has 1 nitrogen and oxygen atoms in total. The number of anilines is 1. The highest BCUT2D eigenvalue weighted by Crippen LogP contribution is 2.26. The van der Waals surface area contributed by atoms with E-state index < -0.39 is 0 Å². The standard InChI is InChI=1S/C12H17BrClN/c1-8(2)6-9(3)15-12-7-10(13)4-5-11(12)14/h4-5,7-9,15H,6H2,1-3H3. The fraction of sp³-hybridized carbons (Fsp3) is 0.500. The zero-order chi connectivity index (χ0) is 11.4. The first kappa shape index (κ1) is 12.9. The predicted molar refractivity (Wildman–Crippen MR) is 71.7 cm³/mol. The monoisotopic (exact) mass is 289 g/mol. The average Bonchev–Trinajstić information content (AvgIpc) is 2.10. The van der Waals surface area contributed by atoms with Crippen molar-refractivity contribution in [3.8, 4) is 0 Å². The third-order valence-corrected chi connectivity index (χ3v) is 2.98. The van der Waals surface area contributed by atoms with Crippen LogP contribution in [0.25, 0.3) is 0 Å². The third-order valence-electron chi connectivity index (χ3n) is 2.16. The van der Waals surface area contributed by atoms with Gasteiger partial charge in [0.05, 0.1) is 10.7 Å². The maximum Gasteiger partial charge on any atom is 0.0638 e. The zero-order valence-corrected chi connectivity index (χ0v) is 11.7. The van der Waals surface area contributed by atoms with Crippen LogP contribution in [-0.4, -0.2) is 6.04 Å². The van der Waals surface area contributed by atoms with E-state index in [0.717, 1.165) is 21.6 Å². The summed E-state index contributed by atoms with van der Waals surface area (Å²) in [4.78, 5) is 0. The molecule has 0 amide bonds. The number of hydrogen-bond acceptors (Lipinski definition) is 1. The van der Waals surface area contributed by atoms with Crippen molar-refractivity contribution < 1.29 is 0 Å². The predicted octanol–water partition coefficient (Wildman–Crippen LogP) is 4.95. The molecule has 1 aromatic rings. The van der Waals surface area contributed by atoms with Crippen molar-refractivity contribution in [3.63, 3.8) is 0 Å². The van der Waals surface area contributed by atoms with E-state index in [1.165, 1.54) is 0 Å². The van der Waals surface area contributed by atoms with Gasteiger partial charge in [0.15, 0.2) is 0 Å². The van der Waals surface area contributed by atoms with E-state index in [-0.39, 0.29) is 0 Å². The Morgan fingerprint density at radius 1 is 1.33 bits per heavy atom. The number of hydrogen-bond donors (Lipinski definition) is 1. The second-order valence-corrected chi connectivity index (χ2v) is 5.62. The Morgan fingerprint density at radius 2 is 2.00 bits per heavy atom. The Morgan fingerprint density at radius 3 is 2.60 bits per heavy atom. The molecule has 0 saturated carbocycles. The fourth-order valence-corrected chi connectivity index (χ4v) is 2.17. The van der Waals surface area contributed by atoms with Gasteiger partial charge in [0.1, 0.15) is 0 Å². The van der Waals surface area contributed by atoms with Gasteiger partial charge in [0, 0.05) is 10.5 Å². The van der Waals surface area contributed by atoms with Gasteiger partial charge in [-0.3, -0.25) is 0 Å². The molecule has 0 bridgehead atoms. The molecule has 0 fully saturated rings. The molecule has 0 saturated heterocycles. The number of nitrogens with one attached hydrogen (secondary N) is 1. The van der Waals surface area contributed by atoms with E-state index in [1.54, 1.807) is 0 Å². The summed E-state index contributed by atoms with van der Waals surface area (Å²) in [6.45, 7) is 6.62. The summed E-state index contributed by atoms with van der Waals surface area (Å²) in [7, 11) is 0. The van der Waals surface area contributed by atoms with Gasteiger partial charge in [-0.05, 0) is 37.5 Å². The lowest BCUT2D eigenvalue weighted by Crippen LogP contribution is -2.17. The van der Waals surface area contributed by atoms with Crippen LogP contribution in [-0.2, 0) is 0 Å². The molecule has 1 aromatic carbocycles. The van der Waals surface area contributed by atoms with Gasteiger partial charge in [-0.2, -0.15) is 0 Å².